The molecule has 0 aromatic heterocycles. The first-order valence-electron chi connectivity index (χ1n) is 15.0. The zero-order chi connectivity index (χ0) is 31.8. The van der Waals surface area contributed by atoms with E-state index in [0.717, 1.165) is 40.0 Å². The van der Waals surface area contributed by atoms with Crippen LogP contribution in [0.15, 0.2) is 119 Å². The van der Waals surface area contributed by atoms with Crippen molar-refractivity contribution in [3.63, 3.8) is 0 Å². The fourth-order valence-electron chi connectivity index (χ4n) is 5.31. The molecule has 2 amide bonds. The third kappa shape index (κ3) is 8.32. The fourth-order valence-corrected chi connectivity index (χ4v) is 7.01. The quantitative estimate of drug-likeness (QED) is 0.174. The summed E-state index contributed by atoms with van der Waals surface area (Å²) in [4.78, 5) is 29.1. The molecular weight excluding hydrogens is 654 g/mol. The second-order valence-corrected chi connectivity index (χ2v) is 13.8. The standard InChI is InChI=1S/C35H36BrN3O5S/c1-26(35(41)37-29-10-8-9-11-29)38(24-27-16-18-28(36)19-17-27)34(40)25-39(45(42,43)33-14-6-3-7-15-33)30-20-22-32(23-21-30)44-31-12-4-2-5-13-31/h2-7,12-23,26,29H,8-11,24-25H2,1H3,(H,37,41). The van der Waals surface area contributed by atoms with Gasteiger partial charge in [-0.15, -0.1) is 0 Å². The van der Waals surface area contributed by atoms with Crippen LogP contribution in [0.2, 0.25) is 0 Å². The summed E-state index contributed by atoms with van der Waals surface area (Å²) in [7, 11) is -4.16. The second kappa shape index (κ2) is 14.8. The van der Waals surface area contributed by atoms with Crippen molar-refractivity contribution < 1.29 is 22.7 Å². The van der Waals surface area contributed by atoms with Gasteiger partial charge in [0, 0.05) is 17.1 Å². The van der Waals surface area contributed by atoms with Crippen LogP contribution in [0.4, 0.5) is 5.69 Å². The average Bonchev–Trinajstić information content (AvgIpc) is 3.57. The van der Waals surface area contributed by atoms with Crippen molar-refractivity contribution in [2.24, 2.45) is 0 Å². The molecule has 4 aromatic carbocycles. The first kappa shape index (κ1) is 32.2. The number of rotatable bonds is 12. The molecule has 1 saturated carbocycles. The molecule has 1 atom stereocenters. The average molecular weight is 691 g/mol. The molecule has 234 valence electrons. The van der Waals surface area contributed by atoms with Crippen molar-refractivity contribution in [2.75, 3.05) is 10.8 Å². The first-order chi connectivity index (χ1) is 21.7. The number of amides is 2. The number of anilines is 1. The van der Waals surface area contributed by atoms with Gasteiger partial charge in [0.05, 0.1) is 10.6 Å². The Morgan fingerprint density at radius 3 is 2.04 bits per heavy atom. The van der Waals surface area contributed by atoms with Crippen LogP contribution < -0.4 is 14.4 Å². The summed E-state index contributed by atoms with van der Waals surface area (Å²) >= 11 is 3.44. The lowest BCUT2D eigenvalue weighted by molar-refractivity contribution is -0.139. The lowest BCUT2D eigenvalue weighted by Crippen LogP contribution is -2.52. The fraction of sp³-hybridized carbons (Fsp3) is 0.257. The number of nitrogens with one attached hydrogen (secondary N) is 1. The Morgan fingerprint density at radius 2 is 1.42 bits per heavy atom. The van der Waals surface area contributed by atoms with Crippen molar-refractivity contribution in [1.82, 2.24) is 10.2 Å². The molecule has 0 aliphatic heterocycles. The number of halogens is 1. The molecule has 0 saturated heterocycles. The predicted molar refractivity (Wildman–Crippen MR) is 178 cm³/mol. The monoisotopic (exact) mass is 689 g/mol. The van der Waals surface area contributed by atoms with E-state index in [1.54, 1.807) is 49.4 Å². The Morgan fingerprint density at radius 1 is 0.844 bits per heavy atom. The topological polar surface area (TPSA) is 96.0 Å². The lowest BCUT2D eigenvalue weighted by Gasteiger charge is -2.32. The molecule has 4 aromatic rings. The van der Waals surface area contributed by atoms with Crippen molar-refractivity contribution >= 4 is 43.5 Å². The van der Waals surface area contributed by atoms with Crippen molar-refractivity contribution in [3.05, 3.63) is 119 Å². The molecule has 0 bridgehead atoms. The van der Waals surface area contributed by atoms with Crippen LogP contribution in [0.25, 0.3) is 0 Å². The third-order valence-corrected chi connectivity index (χ3v) is 10.2. The smallest absolute Gasteiger partial charge is 0.264 e. The minimum atomic E-state index is -4.16. The summed E-state index contributed by atoms with van der Waals surface area (Å²) in [6.45, 7) is 1.31. The first-order valence-corrected chi connectivity index (χ1v) is 17.2. The van der Waals surface area contributed by atoms with Gasteiger partial charge < -0.3 is 15.0 Å². The SMILES string of the molecule is CC(C(=O)NC1CCCC1)N(Cc1ccc(Br)cc1)C(=O)CN(c1ccc(Oc2ccccc2)cc1)S(=O)(=O)c1ccccc1. The van der Waals surface area contributed by atoms with Crippen LogP contribution >= 0.6 is 15.9 Å². The van der Waals surface area contributed by atoms with Gasteiger partial charge in [0.15, 0.2) is 0 Å². The number of sulfonamides is 1. The Balaban J connectivity index is 1.45. The summed E-state index contributed by atoms with van der Waals surface area (Å²) in [6.07, 6.45) is 3.93. The van der Waals surface area contributed by atoms with Crippen LogP contribution in [0, 0.1) is 0 Å². The number of hydrogen-bond acceptors (Lipinski definition) is 5. The molecule has 0 spiro atoms. The van der Waals surface area contributed by atoms with Crippen molar-refractivity contribution in [1.29, 1.82) is 0 Å². The Bertz CT molecular complexity index is 1680. The predicted octanol–water partition coefficient (Wildman–Crippen LogP) is 6.91. The van der Waals surface area contributed by atoms with Gasteiger partial charge in [-0.1, -0.05) is 77.3 Å². The molecule has 0 radical (unpaired) electrons. The minimum Gasteiger partial charge on any atom is -0.457 e. The maximum atomic E-state index is 14.2. The Labute approximate surface area is 273 Å². The summed E-state index contributed by atoms with van der Waals surface area (Å²) in [5.41, 5.74) is 1.10. The maximum absolute atomic E-state index is 14.2. The molecule has 8 nitrogen and oxygen atoms in total. The molecule has 1 fully saturated rings. The number of ether oxygens (including phenoxy) is 1. The van der Waals surface area contributed by atoms with Gasteiger partial charge in [-0.25, -0.2) is 8.42 Å². The molecule has 1 N–H and O–H groups in total. The molecule has 5 rings (SSSR count). The number of carbonyl (C=O) groups excluding carboxylic acids is 2. The van der Waals surface area contributed by atoms with E-state index in [2.05, 4.69) is 21.2 Å². The van der Waals surface area contributed by atoms with Crippen LogP contribution in [0.1, 0.15) is 38.2 Å². The third-order valence-electron chi connectivity index (χ3n) is 7.85. The highest BCUT2D eigenvalue weighted by Crippen LogP contribution is 2.29. The molecule has 1 unspecified atom stereocenters. The number of carbonyl (C=O) groups is 2. The van der Waals surface area contributed by atoms with E-state index in [4.69, 9.17) is 4.74 Å². The molecular formula is C35H36BrN3O5S. The largest absolute Gasteiger partial charge is 0.457 e. The van der Waals surface area contributed by atoms with Gasteiger partial charge in [0.1, 0.15) is 24.1 Å². The van der Waals surface area contributed by atoms with E-state index in [0.29, 0.717) is 17.2 Å². The number of nitrogens with zero attached hydrogens (tertiary/aromatic N) is 2. The van der Waals surface area contributed by atoms with E-state index in [1.807, 2.05) is 54.6 Å². The normalized spacial score (nSPS) is 14.0. The lowest BCUT2D eigenvalue weighted by atomic mass is 10.1. The summed E-state index contributed by atoms with van der Waals surface area (Å²) in [6, 6.07) is 30.5. The molecule has 1 aliphatic carbocycles. The number of benzene rings is 4. The van der Waals surface area contributed by atoms with Crippen LogP contribution in [0.3, 0.4) is 0 Å². The maximum Gasteiger partial charge on any atom is 0.264 e. The van der Waals surface area contributed by atoms with Crippen molar-refractivity contribution in [3.8, 4) is 11.5 Å². The van der Waals surface area contributed by atoms with Gasteiger partial charge in [-0.05, 0) is 86.0 Å². The number of para-hydroxylation sites is 1. The van der Waals surface area contributed by atoms with Gasteiger partial charge >= 0.3 is 0 Å². The van der Waals surface area contributed by atoms with Crippen molar-refractivity contribution in [2.45, 2.75) is 56.1 Å². The summed E-state index contributed by atoms with van der Waals surface area (Å²) in [5, 5.41) is 3.09. The Kier molecular flexibility index (Phi) is 10.6. The van der Waals surface area contributed by atoms with Gasteiger partial charge in [0.2, 0.25) is 11.8 Å². The highest BCUT2D eigenvalue weighted by atomic mass is 79.9. The Hall–Kier alpha value is -4.15. The summed E-state index contributed by atoms with van der Waals surface area (Å²) < 4.78 is 35.9. The van der Waals surface area contributed by atoms with Crippen LogP contribution in [-0.2, 0) is 26.2 Å². The van der Waals surface area contributed by atoms with Gasteiger partial charge in [0.25, 0.3) is 10.0 Å². The second-order valence-electron chi connectivity index (χ2n) is 11.0. The molecule has 10 heteroatoms. The van der Waals surface area contributed by atoms with Crippen LogP contribution in [0.5, 0.6) is 11.5 Å². The summed E-state index contributed by atoms with van der Waals surface area (Å²) in [5.74, 6) is 0.397. The zero-order valence-corrected chi connectivity index (χ0v) is 27.4. The van der Waals surface area contributed by atoms with E-state index in [-0.39, 0.29) is 23.4 Å². The van der Waals surface area contributed by atoms with Gasteiger partial charge in [-0.2, -0.15) is 0 Å². The van der Waals surface area contributed by atoms with E-state index in [1.165, 1.54) is 17.0 Å². The minimum absolute atomic E-state index is 0.0499. The van der Waals surface area contributed by atoms with E-state index >= 15 is 0 Å². The van der Waals surface area contributed by atoms with Gasteiger partial charge in [-0.3, -0.25) is 13.9 Å². The van der Waals surface area contributed by atoms with E-state index in [9.17, 15) is 18.0 Å². The zero-order valence-electron chi connectivity index (χ0n) is 25.0. The highest BCUT2D eigenvalue weighted by molar-refractivity contribution is 9.10. The van der Waals surface area contributed by atoms with E-state index < -0.39 is 28.5 Å². The highest BCUT2D eigenvalue weighted by Gasteiger charge is 2.33. The molecule has 45 heavy (non-hydrogen) atoms. The molecule has 1 aliphatic rings. The van der Waals surface area contributed by atoms with Crippen LogP contribution in [-0.4, -0.2) is 43.8 Å². The number of hydrogen-bond donors (Lipinski definition) is 1. The molecule has 0 heterocycles.